The first kappa shape index (κ1) is 21.7. The number of fused-ring (bicyclic) bond motifs is 1. The Morgan fingerprint density at radius 2 is 1.97 bits per heavy atom. The number of benzene rings is 2. The van der Waals surface area contributed by atoms with E-state index in [0.717, 1.165) is 25.8 Å². The number of rotatable bonds is 6. The molecule has 0 bridgehead atoms. The molecule has 1 N–H and O–H groups in total. The van der Waals surface area contributed by atoms with Crippen molar-refractivity contribution < 1.29 is 13.9 Å². The van der Waals surface area contributed by atoms with E-state index in [2.05, 4.69) is 38.1 Å². The number of ether oxygens (including phenoxy) is 1. The molecule has 0 saturated carbocycles. The normalized spacial score (nSPS) is 11.1. The molecule has 4 aromatic rings. The number of para-hydroxylation sites is 1. The molecule has 4 rings (SSSR count). The van der Waals surface area contributed by atoms with Crippen LogP contribution in [0.2, 0.25) is 0 Å². The summed E-state index contributed by atoms with van der Waals surface area (Å²) in [5.74, 6) is 1.99. The average molecular weight is 548 g/mol. The number of furan rings is 1. The van der Waals surface area contributed by atoms with E-state index in [1.54, 1.807) is 7.11 Å². The lowest BCUT2D eigenvalue weighted by Crippen LogP contribution is -2.16. The first-order chi connectivity index (χ1) is 14.9. The van der Waals surface area contributed by atoms with E-state index in [1.165, 1.54) is 11.8 Å². The molecule has 0 saturated heterocycles. The van der Waals surface area contributed by atoms with E-state index in [4.69, 9.17) is 9.15 Å². The van der Waals surface area contributed by atoms with Crippen molar-refractivity contribution in [3.63, 3.8) is 0 Å². The number of aryl methyl sites for hydroxylation is 2. The second-order valence-corrected chi connectivity index (χ2v) is 9.29. The minimum absolute atomic E-state index is 0.0876. The summed E-state index contributed by atoms with van der Waals surface area (Å²) in [6, 6.07) is 11.7. The van der Waals surface area contributed by atoms with Crippen LogP contribution in [-0.2, 0) is 11.8 Å². The van der Waals surface area contributed by atoms with Gasteiger partial charge in [-0.05, 0) is 71.8 Å². The maximum absolute atomic E-state index is 12.5. The van der Waals surface area contributed by atoms with Gasteiger partial charge in [0.1, 0.15) is 0 Å². The van der Waals surface area contributed by atoms with Crippen LogP contribution in [0.5, 0.6) is 5.75 Å². The van der Waals surface area contributed by atoms with Crippen LogP contribution in [0.3, 0.4) is 0 Å². The molecule has 0 radical (unpaired) electrons. The Morgan fingerprint density at radius 3 is 2.68 bits per heavy atom. The molecule has 2 heterocycles. The number of thioether (sulfide) groups is 1. The molecular formula is C22H21IN4O3S. The van der Waals surface area contributed by atoms with E-state index in [9.17, 15) is 4.79 Å². The molecule has 0 aliphatic rings. The van der Waals surface area contributed by atoms with Gasteiger partial charge in [0.2, 0.25) is 5.91 Å². The summed E-state index contributed by atoms with van der Waals surface area (Å²) in [6.07, 6.45) is 0. The highest BCUT2D eigenvalue weighted by Gasteiger charge is 2.18. The molecule has 7 nitrogen and oxygen atoms in total. The molecule has 31 heavy (non-hydrogen) atoms. The lowest BCUT2D eigenvalue weighted by atomic mass is 10.1. The van der Waals surface area contributed by atoms with Gasteiger partial charge in [-0.2, -0.15) is 0 Å². The molecule has 0 aliphatic carbocycles. The molecular weight excluding hydrogens is 527 g/mol. The number of amides is 1. The van der Waals surface area contributed by atoms with Crippen molar-refractivity contribution >= 4 is 56.9 Å². The molecule has 0 aliphatic heterocycles. The van der Waals surface area contributed by atoms with Crippen LogP contribution in [0.4, 0.5) is 5.69 Å². The van der Waals surface area contributed by atoms with Crippen molar-refractivity contribution in [1.82, 2.24) is 14.8 Å². The summed E-state index contributed by atoms with van der Waals surface area (Å²) in [5, 5.41) is 13.1. The smallest absolute Gasteiger partial charge is 0.234 e. The number of carbonyl (C=O) groups is 1. The summed E-state index contributed by atoms with van der Waals surface area (Å²) in [6.45, 7) is 3.99. The first-order valence-electron chi connectivity index (χ1n) is 9.53. The van der Waals surface area contributed by atoms with Crippen LogP contribution in [0.1, 0.15) is 11.1 Å². The Hall–Kier alpha value is -2.53. The lowest BCUT2D eigenvalue weighted by Gasteiger charge is -2.12. The largest absolute Gasteiger partial charge is 0.493 e. The minimum atomic E-state index is -0.0876. The number of carbonyl (C=O) groups excluding carboxylic acids is 1. The third-order valence-corrected chi connectivity index (χ3v) is 6.52. The number of hydrogen-bond acceptors (Lipinski definition) is 6. The SMILES string of the molecule is COc1cccc2cc(-c3nnc(SCC(=O)Nc4c(C)cc(I)cc4C)n3C)oc12. The third kappa shape index (κ3) is 4.42. The van der Waals surface area contributed by atoms with Gasteiger partial charge in [-0.15, -0.1) is 10.2 Å². The van der Waals surface area contributed by atoms with Crippen LogP contribution in [0.25, 0.3) is 22.6 Å². The molecule has 2 aromatic heterocycles. The number of anilines is 1. The highest BCUT2D eigenvalue weighted by molar-refractivity contribution is 14.1. The van der Waals surface area contributed by atoms with Crippen LogP contribution in [0, 0.1) is 17.4 Å². The highest BCUT2D eigenvalue weighted by atomic mass is 127. The number of nitrogens with zero attached hydrogens (tertiary/aromatic N) is 3. The number of aromatic nitrogens is 3. The van der Waals surface area contributed by atoms with Crippen LogP contribution in [-0.4, -0.2) is 33.5 Å². The number of nitrogens with one attached hydrogen (secondary N) is 1. The zero-order valence-corrected chi connectivity index (χ0v) is 20.5. The fourth-order valence-corrected chi connectivity index (χ4v) is 5.02. The summed E-state index contributed by atoms with van der Waals surface area (Å²) in [4.78, 5) is 12.5. The van der Waals surface area contributed by atoms with Crippen LogP contribution in [0.15, 0.2) is 46.0 Å². The van der Waals surface area contributed by atoms with E-state index in [0.29, 0.717) is 28.1 Å². The second-order valence-electron chi connectivity index (χ2n) is 7.11. The minimum Gasteiger partial charge on any atom is -0.493 e. The van der Waals surface area contributed by atoms with Gasteiger partial charge in [-0.25, -0.2) is 0 Å². The standard InChI is InChI=1S/C22H21IN4O3S/c1-12-8-15(23)9-13(2)19(12)24-18(28)11-31-22-26-25-21(27(22)3)17-10-14-6-5-7-16(29-4)20(14)30-17/h5-10H,11H2,1-4H3,(H,24,28). The number of methoxy groups -OCH3 is 1. The molecule has 0 spiro atoms. The Morgan fingerprint density at radius 1 is 1.23 bits per heavy atom. The van der Waals surface area contributed by atoms with Crippen LogP contribution < -0.4 is 10.1 Å². The quantitative estimate of drug-likeness (QED) is 0.264. The van der Waals surface area contributed by atoms with Gasteiger partial charge in [-0.3, -0.25) is 4.79 Å². The summed E-state index contributed by atoms with van der Waals surface area (Å²) < 4.78 is 14.3. The van der Waals surface area contributed by atoms with Gasteiger partial charge in [0.25, 0.3) is 0 Å². The fraction of sp³-hybridized carbons (Fsp3) is 0.227. The Labute approximate surface area is 197 Å². The van der Waals surface area contributed by atoms with E-state index in [-0.39, 0.29) is 11.7 Å². The maximum atomic E-state index is 12.5. The Bertz CT molecular complexity index is 1260. The zero-order valence-electron chi connectivity index (χ0n) is 17.5. The predicted octanol–water partition coefficient (Wildman–Crippen LogP) is 5.19. The van der Waals surface area contributed by atoms with Gasteiger partial charge < -0.3 is 19.0 Å². The monoisotopic (exact) mass is 548 g/mol. The van der Waals surface area contributed by atoms with Gasteiger partial charge >= 0.3 is 0 Å². The number of halogens is 1. The lowest BCUT2D eigenvalue weighted by molar-refractivity contribution is -0.113. The molecule has 2 aromatic carbocycles. The predicted molar refractivity (Wildman–Crippen MR) is 131 cm³/mol. The van der Waals surface area contributed by atoms with E-state index >= 15 is 0 Å². The van der Waals surface area contributed by atoms with Crippen molar-refractivity contribution in [2.24, 2.45) is 7.05 Å². The first-order valence-corrected chi connectivity index (χ1v) is 11.6. The summed E-state index contributed by atoms with van der Waals surface area (Å²) >= 11 is 3.60. The van der Waals surface area contributed by atoms with Crippen molar-refractivity contribution in [3.05, 3.63) is 51.1 Å². The van der Waals surface area contributed by atoms with Crippen molar-refractivity contribution in [2.45, 2.75) is 19.0 Å². The zero-order chi connectivity index (χ0) is 22.1. The summed E-state index contributed by atoms with van der Waals surface area (Å²) in [7, 11) is 3.46. The molecule has 0 fully saturated rings. The van der Waals surface area contributed by atoms with Gasteiger partial charge in [0, 0.05) is 21.7 Å². The molecule has 1 amide bonds. The second kappa shape index (κ2) is 8.91. The average Bonchev–Trinajstić information content (AvgIpc) is 3.32. The van der Waals surface area contributed by atoms with Crippen molar-refractivity contribution in [1.29, 1.82) is 0 Å². The van der Waals surface area contributed by atoms with E-state index < -0.39 is 0 Å². The van der Waals surface area contributed by atoms with Gasteiger partial charge in [0.05, 0.1) is 12.9 Å². The maximum Gasteiger partial charge on any atom is 0.234 e. The van der Waals surface area contributed by atoms with Gasteiger partial charge in [-0.1, -0.05) is 23.9 Å². The molecule has 9 heteroatoms. The molecule has 160 valence electrons. The molecule has 0 unspecified atom stereocenters. The van der Waals surface area contributed by atoms with Gasteiger partial charge in [0.15, 0.2) is 28.1 Å². The highest BCUT2D eigenvalue weighted by Crippen LogP contribution is 2.33. The van der Waals surface area contributed by atoms with Crippen LogP contribution >= 0.6 is 34.4 Å². The van der Waals surface area contributed by atoms with E-state index in [1.807, 2.05) is 61.9 Å². The molecule has 0 atom stereocenters. The van der Waals surface area contributed by atoms with Crippen molar-refractivity contribution in [3.8, 4) is 17.3 Å². The third-order valence-electron chi connectivity index (χ3n) is 4.88. The van der Waals surface area contributed by atoms with Crippen molar-refractivity contribution in [2.75, 3.05) is 18.2 Å². The Kier molecular flexibility index (Phi) is 6.24. The Balaban J connectivity index is 1.49. The summed E-state index contributed by atoms with van der Waals surface area (Å²) in [5.41, 5.74) is 3.62. The fourth-order valence-electron chi connectivity index (χ4n) is 3.38. The topological polar surface area (TPSA) is 82.2 Å². The number of hydrogen-bond donors (Lipinski definition) is 1.